The Hall–Kier alpha value is -1.17. The number of halogens is 2. The number of nitrogens with zero attached hydrogens (tertiary/aromatic N) is 2. The quantitative estimate of drug-likeness (QED) is 0.888. The molecule has 2 saturated heterocycles. The summed E-state index contributed by atoms with van der Waals surface area (Å²) in [6, 6.07) is 3.19. The Balaban J connectivity index is 1.73. The molecule has 1 unspecified atom stereocenters. The van der Waals surface area contributed by atoms with Crippen LogP contribution in [0.3, 0.4) is 0 Å². The van der Waals surface area contributed by atoms with Gasteiger partial charge in [-0.1, -0.05) is 17.7 Å². The molecular formula is C19H26ClFN2O2. The molecule has 1 N–H and O–H groups in total. The first-order valence-electron chi connectivity index (χ1n) is 8.99. The number of aliphatic hydroxyl groups excluding tert-OH is 1. The lowest BCUT2D eigenvalue weighted by Gasteiger charge is -2.48. The van der Waals surface area contributed by atoms with Crippen molar-refractivity contribution in [2.24, 2.45) is 5.41 Å². The predicted octanol–water partition coefficient (Wildman–Crippen LogP) is 2.98. The highest BCUT2D eigenvalue weighted by Crippen LogP contribution is 2.39. The van der Waals surface area contributed by atoms with Crippen molar-refractivity contribution in [1.29, 1.82) is 0 Å². The van der Waals surface area contributed by atoms with Crippen LogP contribution in [0.15, 0.2) is 12.1 Å². The van der Waals surface area contributed by atoms with Gasteiger partial charge in [-0.05, 0) is 44.4 Å². The van der Waals surface area contributed by atoms with Gasteiger partial charge in [0.25, 0.3) is 0 Å². The average Bonchev–Trinajstić information content (AvgIpc) is 2.59. The van der Waals surface area contributed by atoms with Crippen LogP contribution < -0.4 is 0 Å². The maximum Gasteiger partial charge on any atom is 0.222 e. The number of β-amino-alcohol motifs (C(OH)–C–C–N with tert-alkyl or cyclic N) is 1. The smallest absolute Gasteiger partial charge is 0.222 e. The largest absolute Gasteiger partial charge is 0.395 e. The van der Waals surface area contributed by atoms with Gasteiger partial charge < -0.3 is 10.0 Å². The fourth-order valence-electron chi connectivity index (χ4n) is 4.29. The fourth-order valence-corrected chi connectivity index (χ4v) is 4.50. The third-order valence-electron chi connectivity index (χ3n) is 5.62. The summed E-state index contributed by atoms with van der Waals surface area (Å²) in [7, 11) is 0. The van der Waals surface area contributed by atoms with Gasteiger partial charge in [-0.3, -0.25) is 9.69 Å². The number of hydrogen-bond acceptors (Lipinski definition) is 3. The lowest BCUT2D eigenvalue weighted by atomic mass is 9.73. The molecule has 6 heteroatoms. The van der Waals surface area contributed by atoms with Gasteiger partial charge in [0.2, 0.25) is 5.91 Å². The number of aryl methyl sites for hydroxylation is 1. The van der Waals surface area contributed by atoms with Crippen LogP contribution in [0.1, 0.15) is 36.8 Å². The highest BCUT2D eigenvalue weighted by atomic mass is 35.5. The van der Waals surface area contributed by atoms with E-state index >= 15 is 0 Å². The second kappa shape index (κ2) is 7.60. The predicted molar refractivity (Wildman–Crippen MR) is 96.0 cm³/mol. The lowest BCUT2D eigenvalue weighted by molar-refractivity contribution is -0.140. The molecule has 2 aliphatic heterocycles. The Morgan fingerprint density at radius 3 is 2.88 bits per heavy atom. The Kier molecular flexibility index (Phi) is 5.66. The fraction of sp³-hybridized carbons (Fsp3) is 0.632. The number of carbonyl (C=O) groups is 1. The number of carbonyl (C=O) groups excluding carboxylic acids is 1. The van der Waals surface area contributed by atoms with Gasteiger partial charge >= 0.3 is 0 Å². The molecule has 4 nitrogen and oxygen atoms in total. The van der Waals surface area contributed by atoms with Crippen molar-refractivity contribution in [1.82, 2.24) is 9.80 Å². The number of hydrogen-bond donors (Lipinski definition) is 1. The van der Waals surface area contributed by atoms with Gasteiger partial charge in [-0.2, -0.15) is 0 Å². The molecule has 1 spiro atoms. The van der Waals surface area contributed by atoms with Gasteiger partial charge in [0, 0.05) is 43.6 Å². The SMILES string of the molecule is Cc1ccc(F)c(CN2CCCC3(CCC(=O)N(CCO)C3)C2)c1Cl. The minimum atomic E-state index is -0.254. The average molecular weight is 369 g/mol. The second-order valence-electron chi connectivity index (χ2n) is 7.51. The summed E-state index contributed by atoms with van der Waals surface area (Å²) in [6.07, 6.45) is 3.51. The summed E-state index contributed by atoms with van der Waals surface area (Å²) < 4.78 is 14.2. The summed E-state index contributed by atoms with van der Waals surface area (Å²) in [6.45, 7) is 5.23. The normalized spacial score (nSPS) is 25.0. The molecule has 1 amide bonds. The van der Waals surface area contributed by atoms with Gasteiger partial charge in [0.15, 0.2) is 0 Å². The molecule has 3 rings (SSSR count). The van der Waals surface area contributed by atoms with Crippen molar-refractivity contribution < 1.29 is 14.3 Å². The molecule has 1 aromatic carbocycles. The highest BCUT2D eigenvalue weighted by Gasteiger charge is 2.41. The number of rotatable bonds is 4. The van der Waals surface area contributed by atoms with Crippen molar-refractivity contribution in [2.45, 2.75) is 39.2 Å². The van der Waals surface area contributed by atoms with E-state index in [1.807, 2.05) is 6.92 Å². The van der Waals surface area contributed by atoms with Crippen LogP contribution in [0.5, 0.6) is 0 Å². The molecule has 2 fully saturated rings. The molecular weight excluding hydrogens is 343 g/mol. The van der Waals surface area contributed by atoms with E-state index in [1.54, 1.807) is 11.0 Å². The number of piperidine rings is 2. The van der Waals surface area contributed by atoms with Gasteiger partial charge in [0.05, 0.1) is 11.6 Å². The van der Waals surface area contributed by atoms with Crippen LogP contribution in [0.25, 0.3) is 0 Å². The maximum absolute atomic E-state index is 14.2. The second-order valence-corrected chi connectivity index (χ2v) is 7.89. The zero-order valence-electron chi connectivity index (χ0n) is 14.7. The zero-order chi connectivity index (χ0) is 18.0. The van der Waals surface area contributed by atoms with Crippen molar-refractivity contribution in [2.75, 3.05) is 32.8 Å². The summed E-state index contributed by atoms with van der Waals surface area (Å²) in [5.74, 6) is -0.125. The minimum absolute atomic E-state index is 0.00432. The van der Waals surface area contributed by atoms with E-state index in [2.05, 4.69) is 4.90 Å². The third kappa shape index (κ3) is 3.99. The first-order valence-corrected chi connectivity index (χ1v) is 9.36. The Labute approximate surface area is 153 Å². The number of amides is 1. The van der Waals surface area contributed by atoms with E-state index in [1.165, 1.54) is 6.07 Å². The molecule has 0 radical (unpaired) electrons. The van der Waals surface area contributed by atoms with Crippen LogP contribution in [-0.4, -0.2) is 53.6 Å². The van der Waals surface area contributed by atoms with Crippen molar-refractivity contribution in [3.8, 4) is 0 Å². The summed E-state index contributed by atoms with van der Waals surface area (Å²) in [5, 5.41) is 9.71. The Morgan fingerprint density at radius 2 is 2.12 bits per heavy atom. The Morgan fingerprint density at radius 1 is 1.32 bits per heavy atom. The first-order chi connectivity index (χ1) is 11.9. The summed E-state index contributed by atoms with van der Waals surface area (Å²) in [5.41, 5.74) is 1.51. The van der Waals surface area contributed by atoms with E-state index in [4.69, 9.17) is 11.6 Å². The van der Waals surface area contributed by atoms with Crippen LogP contribution in [0.4, 0.5) is 4.39 Å². The molecule has 2 heterocycles. The van der Waals surface area contributed by atoms with E-state index in [-0.39, 0.29) is 23.7 Å². The zero-order valence-corrected chi connectivity index (χ0v) is 15.5. The van der Waals surface area contributed by atoms with Crippen LogP contribution >= 0.6 is 11.6 Å². The summed E-state index contributed by atoms with van der Waals surface area (Å²) >= 11 is 6.33. The molecule has 0 bridgehead atoms. The van der Waals surface area contributed by atoms with Crippen LogP contribution in [0, 0.1) is 18.2 Å². The molecule has 1 aromatic rings. The van der Waals surface area contributed by atoms with Crippen LogP contribution in [0.2, 0.25) is 5.02 Å². The number of benzene rings is 1. The monoisotopic (exact) mass is 368 g/mol. The lowest BCUT2D eigenvalue weighted by Crippen LogP contribution is -2.54. The highest BCUT2D eigenvalue weighted by molar-refractivity contribution is 6.32. The first kappa shape index (κ1) is 18.6. The topological polar surface area (TPSA) is 43.8 Å². The molecule has 0 aliphatic carbocycles. The third-order valence-corrected chi connectivity index (χ3v) is 6.15. The molecule has 138 valence electrons. The van der Waals surface area contributed by atoms with Crippen molar-refractivity contribution in [3.63, 3.8) is 0 Å². The molecule has 1 atom stereocenters. The molecule has 0 aromatic heterocycles. The molecule has 2 aliphatic rings. The van der Waals surface area contributed by atoms with E-state index in [0.29, 0.717) is 36.6 Å². The van der Waals surface area contributed by atoms with E-state index < -0.39 is 0 Å². The summed E-state index contributed by atoms with van der Waals surface area (Å²) in [4.78, 5) is 16.1. The standard InChI is InChI=1S/C19H26ClFN2O2/c1-14-3-4-16(21)15(18(14)20)11-22-8-2-6-19(12-22)7-5-17(25)23(13-19)9-10-24/h3-4,24H,2,5-13H2,1H3. The van der Waals surface area contributed by atoms with Crippen LogP contribution in [-0.2, 0) is 11.3 Å². The van der Waals surface area contributed by atoms with Crippen molar-refractivity contribution >= 4 is 17.5 Å². The van der Waals surface area contributed by atoms with E-state index in [9.17, 15) is 14.3 Å². The molecule has 25 heavy (non-hydrogen) atoms. The van der Waals surface area contributed by atoms with Crippen molar-refractivity contribution in [3.05, 3.63) is 34.1 Å². The van der Waals surface area contributed by atoms with E-state index in [0.717, 1.165) is 37.9 Å². The maximum atomic E-state index is 14.2. The molecule has 0 saturated carbocycles. The number of likely N-dealkylation sites (tertiary alicyclic amines) is 2. The van der Waals surface area contributed by atoms with Gasteiger partial charge in [-0.25, -0.2) is 4.39 Å². The van der Waals surface area contributed by atoms with Gasteiger partial charge in [-0.15, -0.1) is 0 Å². The Bertz CT molecular complexity index is 655. The number of aliphatic hydroxyl groups is 1. The minimum Gasteiger partial charge on any atom is -0.395 e. The van der Waals surface area contributed by atoms with Gasteiger partial charge in [0.1, 0.15) is 5.82 Å².